The Morgan fingerprint density at radius 2 is 1.66 bits per heavy atom. The molecule has 210 valence electrons. The zero-order valence-electron chi connectivity index (χ0n) is 23.3. The largest absolute Gasteiger partial charge is 0.497 e. The molecule has 0 atom stereocenters. The molecule has 0 spiro atoms. The molecule has 8 nitrogen and oxygen atoms in total. The lowest BCUT2D eigenvalue weighted by molar-refractivity contribution is 0.184. The van der Waals surface area contributed by atoms with Gasteiger partial charge < -0.3 is 25.7 Å². The highest BCUT2D eigenvalue weighted by molar-refractivity contribution is 5.83. The summed E-state index contributed by atoms with van der Waals surface area (Å²) in [4.78, 5) is 7.00. The van der Waals surface area contributed by atoms with Crippen LogP contribution in [0.25, 0.3) is 22.4 Å². The van der Waals surface area contributed by atoms with Gasteiger partial charge in [0.15, 0.2) is 0 Å². The Morgan fingerprint density at radius 3 is 2.41 bits per heavy atom. The number of ether oxygens (including phenoxy) is 3. The molecule has 0 saturated carbocycles. The van der Waals surface area contributed by atoms with E-state index in [4.69, 9.17) is 25.7 Å². The number of aromatic nitrogens is 1. The van der Waals surface area contributed by atoms with E-state index in [2.05, 4.69) is 16.0 Å². The van der Waals surface area contributed by atoms with Crippen LogP contribution in [-0.4, -0.2) is 43.2 Å². The summed E-state index contributed by atoms with van der Waals surface area (Å²) < 4.78 is 17.5. The van der Waals surface area contributed by atoms with Crippen LogP contribution in [0.1, 0.15) is 30.4 Å². The van der Waals surface area contributed by atoms with Gasteiger partial charge in [0.2, 0.25) is 0 Å². The maximum absolute atomic E-state index is 9.97. The van der Waals surface area contributed by atoms with E-state index in [-0.39, 0.29) is 5.82 Å². The molecule has 0 bridgehead atoms. The molecule has 0 unspecified atom stereocenters. The van der Waals surface area contributed by atoms with Crippen molar-refractivity contribution >= 4 is 11.5 Å². The number of methoxy groups -OCH3 is 1. The first kappa shape index (κ1) is 27.8. The molecule has 4 N–H and O–H groups in total. The molecule has 5 rings (SSSR count). The number of hydrogen-bond acceptors (Lipinski definition) is 8. The number of nitriles is 1. The number of anilines is 2. The highest BCUT2D eigenvalue weighted by Gasteiger charge is 2.17. The molecule has 1 fully saturated rings. The number of piperidine rings is 1. The number of rotatable bonds is 10. The summed E-state index contributed by atoms with van der Waals surface area (Å²) in [5.74, 6) is 2.18. The van der Waals surface area contributed by atoms with Gasteiger partial charge in [-0.25, -0.2) is 4.98 Å². The van der Waals surface area contributed by atoms with Crippen LogP contribution in [0.2, 0.25) is 0 Å². The van der Waals surface area contributed by atoms with Crippen LogP contribution in [0.5, 0.6) is 17.2 Å². The van der Waals surface area contributed by atoms with E-state index in [1.165, 1.54) is 19.3 Å². The lowest BCUT2D eigenvalue weighted by Gasteiger charge is -2.26. The highest BCUT2D eigenvalue weighted by atomic mass is 16.5. The number of nitrogen functional groups attached to an aromatic ring is 2. The summed E-state index contributed by atoms with van der Waals surface area (Å²) in [6.07, 6.45) is 3.76. The van der Waals surface area contributed by atoms with Gasteiger partial charge in [0, 0.05) is 17.7 Å². The summed E-state index contributed by atoms with van der Waals surface area (Å²) in [7, 11) is 1.64. The van der Waals surface area contributed by atoms with E-state index in [9.17, 15) is 5.26 Å². The molecule has 4 aromatic rings. The van der Waals surface area contributed by atoms with Gasteiger partial charge in [-0.2, -0.15) is 5.26 Å². The minimum Gasteiger partial charge on any atom is -0.497 e. The van der Waals surface area contributed by atoms with Gasteiger partial charge in [0.25, 0.3) is 0 Å². The van der Waals surface area contributed by atoms with Crippen molar-refractivity contribution < 1.29 is 14.2 Å². The quantitative estimate of drug-likeness (QED) is 0.235. The molecule has 0 radical (unpaired) electrons. The second kappa shape index (κ2) is 13.1. The number of hydrogen-bond donors (Lipinski definition) is 2. The fourth-order valence-corrected chi connectivity index (χ4v) is 5.03. The lowest BCUT2D eigenvalue weighted by atomic mass is 9.97. The summed E-state index contributed by atoms with van der Waals surface area (Å²) >= 11 is 0. The van der Waals surface area contributed by atoms with Crippen molar-refractivity contribution in [3.05, 3.63) is 83.9 Å². The Balaban J connectivity index is 1.41. The molecule has 2 heterocycles. The standard InChI is InChI=1S/C33H35N5O3/c1-39-25-12-9-23(10-13-25)22-41-31-8-4-3-7-26(31)30-20-27(28(21-34)33(36)37-30)24-11-14-29(35)32(19-24)40-18-17-38-15-5-2-6-16-38/h3-4,7-14,19-20H,2,5-6,15-18,22,35H2,1H3,(H2,36,37). The average Bonchev–Trinajstić information content (AvgIpc) is 3.01. The Kier molecular flexibility index (Phi) is 8.87. The van der Waals surface area contributed by atoms with Crippen molar-refractivity contribution in [2.24, 2.45) is 0 Å². The molecular formula is C33H35N5O3. The number of nitrogens with zero attached hydrogens (tertiary/aromatic N) is 3. The van der Waals surface area contributed by atoms with E-state index >= 15 is 0 Å². The van der Waals surface area contributed by atoms with Crippen LogP contribution in [0.15, 0.2) is 72.8 Å². The summed E-state index contributed by atoms with van der Waals surface area (Å²) in [5, 5.41) is 9.97. The van der Waals surface area contributed by atoms with Crippen LogP contribution >= 0.6 is 0 Å². The highest BCUT2D eigenvalue weighted by Crippen LogP contribution is 2.37. The van der Waals surface area contributed by atoms with Gasteiger partial charge in [-0.15, -0.1) is 0 Å². The SMILES string of the molecule is COc1ccc(COc2ccccc2-c2cc(-c3ccc(N)c(OCCN4CCCCC4)c3)c(C#N)c(N)n2)cc1. The van der Waals surface area contributed by atoms with Crippen molar-refractivity contribution in [3.63, 3.8) is 0 Å². The third-order valence-corrected chi connectivity index (χ3v) is 7.31. The Bertz CT molecular complexity index is 1530. The number of pyridine rings is 1. The minimum atomic E-state index is 0.148. The fourth-order valence-electron chi connectivity index (χ4n) is 5.03. The molecule has 3 aromatic carbocycles. The normalized spacial score (nSPS) is 13.4. The zero-order valence-corrected chi connectivity index (χ0v) is 23.3. The van der Waals surface area contributed by atoms with Crippen molar-refractivity contribution in [2.75, 3.05) is 44.8 Å². The van der Waals surface area contributed by atoms with Crippen molar-refractivity contribution in [1.82, 2.24) is 9.88 Å². The second-order valence-electron chi connectivity index (χ2n) is 10.1. The van der Waals surface area contributed by atoms with Gasteiger partial charge in [-0.1, -0.05) is 36.8 Å². The molecule has 8 heteroatoms. The molecule has 1 aliphatic rings. The van der Waals surface area contributed by atoms with E-state index in [1.54, 1.807) is 13.2 Å². The van der Waals surface area contributed by atoms with Crippen molar-refractivity contribution in [3.8, 4) is 45.7 Å². The maximum atomic E-state index is 9.97. The monoisotopic (exact) mass is 549 g/mol. The minimum absolute atomic E-state index is 0.148. The average molecular weight is 550 g/mol. The molecule has 1 aliphatic heterocycles. The van der Waals surface area contributed by atoms with E-state index in [1.807, 2.05) is 66.7 Å². The number of likely N-dealkylation sites (tertiary alicyclic amines) is 1. The first-order valence-corrected chi connectivity index (χ1v) is 13.9. The molecular weight excluding hydrogens is 514 g/mol. The van der Waals surface area contributed by atoms with Gasteiger partial charge in [0.05, 0.1) is 18.5 Å². The number of para-hydroxylation sites is 1. The second-order valence-corrected chi connectivity index (χ2v) is 10.1. The zero-order chi connectivity index (χ0) is 28.6. The summed E-state index contributed by atoms with van der Waals surface area (Å²) in [5.41, 5.74) is 17.2. The van der Waals surface area contributed by atoms with E-state index in [0.717, 1.165) is 42.1 Å². The number of benzene rings is 3. The molecule has 0 aliphatic carbocycles. The predicted molar refractivity (Wildman–Crippen MR) is 162 cm³/mol. The summed E-state index contributed by atoms with van der Waals surface area (Å²) in [6.45, 7) is 3.98. The van der Waals surface area contributed by atoms with Crippen molar-refractivity contribution in [1.29, 1.82) is 5.26 Å². The van der Waals surface area contributed by atoms with E-state index < -0.39 is 0 Å². The lowest BCUT2D eigenvalue weighted by Crippen LogP contribution is -2.33. The predicted octanol–water partition coefficient (Wildman–Crippen LogP) is 5.90. The topological polar surface area (TPSA) is 120 Å². The van der Waals surface area contributed by atoms with Gasteiger partial charge >= 0.3 is 0 Å². The van der Waals surface area contributed by atoms with Crippen LogP contribution in [-0.2, 0) is 6.61 Å². The summed E-state index contributed by atoms with van der Waals surface area (Å²) in [6, 6.07) is 25.0. The van der Waals surface area contributed by atoms with Crippen molar-refractivity contribution in [2.45, 2.75) is 25.9 Å². The van der Waals surface area contributed by atoms with E-state index in [0.29, 0.717) is 47.2 Å². The fraction of sp³-hybridized carbons (Fsp3) is 0.273. The Morgan fingerprint density at radius 1 is 0.878 bits per heavy atom. The van der Waals surface area contributed by atoms with Crippen LogP contribution < -0.4 is 25.7 Å². The smallest absolute Gasteiger partial charge is 0.142 e. The maximum Gasteiger partial charge on any atom is 0.142 e. The first-order valence-electron chi connectivity index (χ1n) is 13.9. The first-order chi connectivity index (χ1) is 20.1. The Labute approximate surface area is 241 Å². The molecule has 0 amide bonds. The van der Waals surface area contributed by atoms with Crippen LogP contribution in [0, 0.1) is 11.3 Å². The van der Waals surface area contributed by atoms with Crippen LogP contribution in [0.4, 0.5) is 11.5 Å². The van der Waals surface area contributed by atoms with Gasteiger partial charge in [-0.05, 0) is 79.5 Å². The van der Waals surface area contributed by atoms with Crippen LogP contribution in [0.3, 0.4) is 0 Å². The number of nitrogens with two attached hydrogens (primary N) is 2. The molecule has 41 heavy (non-hydrogen) atoms. The molecule has 1 aromatic heterocycles. The third kappa shape index (κ3) is 6.71. The third-order valence-electron chi connectivity index (χ3n) is 7.31. The van der Waals surface area contributed by atoms with Gasteiger partial charge in [-0.3, -0.25) is 4.90 Å². The Hall–Kier alpha value is -4.74. The molecule has 1 saturated heterocycles. The van der Waals surface area contributed by atoms with Gasteiger partial charge in [0.1, 0.15) is 47.9 Å².